The van der Waals surface area contributed by atoms with E-state index in [1.807, 2.05) is 55.4 Å². The number of carbonyl (C=O) groups is 2. The minimum atomic E-state index is -0.961. The maximum Gasteiger partial charge on any atom is 0.326 e. The van der Waals surface area contributed by atoms with Crippen LogP contribution in [0.15, 0.2) is 48.5 Å². The highest BCUT2D eigenvalue weighted by Gasteiger charge is 2.40. The van der Waals surface area contributed by atoms with Crippen molar-refractivity contribution in [3.05, 3.63) is 54.1 Å². The van der Waals surface area contributed by atoms with Gasteiger partial charge in [0.15, 0.2) is 0 Å². The standard InChI is InChI=1S/C21H24N2O4/c1-22(2)17-12-19(21(25)26)23(13-17)20(24)16-8-4-6-14(10-16)15-7-5-9-18(11-15)27-3/h4-11,17,19H,12-13H2,1-3H3,(H,25,26)/t17-,19+/m1/s1. The van der Waals surface area contributed by atoms with E-state index in [0.29, 0.717) is 18.5 Å². The van der Waals surface area contributed by atoms with Gasteiger partial charge in [-0.3, -0.25) is 4.79 Å². The van der Waals surface area contributed by atoms with Crippen LogP contribution in [0.4, 0.5) is 0 Å². The summed E-state index contributed by atoms with van der Waals surface area (Å²) in [7, 11) is 5.42. The Bertz CT molecular complexity index is 850. The molecular weight excluding hydrogens is 344 g/mol. The zero-order valence-electron chi connectivity index (χ0n) is 15.8. The van der Waals surface area contributed by atoms with Gasteiger partial charge < -0.3 is 19.6 Å². The van der Waals surface area contributed by atoms with Gasteiger partial charge in [0, 0.05) is 18.2 Å². The average molecular weight is 368 g/mol. The van der Waals surface area contributed by atoms with Crippen molar-refractivity contribution in [1.29, 1.82) is 0 Å². The molecule has 0 spiro atoms. The summed E-state index contributed by atoms with van der Waals surface area (Å²) >= 11 is 0. The van der Waals surface area contributed by atoms with Crippen LogP contribution in [0.1, 0.15) is 16.8 Å². The molecule has 1 heterocycles. The summed E-state index contributed by atoms with van der Waals surface area (Å²) in [4.78, 5) is 28.1. The van der Waals surface area contributed by atoms with Crippen LogP contribution in [0.5, 0.6) is 5.75 Å². The summed E-state index contributed by atoms with van der Waals surface area (Å²) < 4.78 is 5.26. The monoisotopic (exact) mass is 368 g/mol. The quantitative estimate of drug-likeness (QED) is 0.878. The predicted octanol–water partition coefficient (Wildman–Crippen LogP) is 2.59. The summed E-state index contributed by atoms with van der Waals surface area (Å²) in [5, 5.41) is 9.54. The maximum atomic E-state index is 13.1. The lowest BCUT2D eigenvalue weighted by atomic mass is 10.0. The van der Waals surface area contributed by atoms with Crippen molar-refractivity contribution in [2.75, 3.05) is 27.7 Å². The Morgan fingerprint density at radius 1 is 1.11 bits per heavy atom. The van der Waals surface area contributed by atoms with E-state index in [1.165, 1.54) is 4.90 Å². The summed E-state index contributed by atoms with van der Waals surface area (Å²) in [6.45, 7) is 0.409. The molecule has 1 aliphatic heterocycles. The predicted molar refractivity (Wildman–Crippen MR) is 103 cm³/mol. The van der Waals surface area contributed by atoms with Gasteiger partial charge in [-0.25, -0.2) is 4.79 Å². The molecule has 2 atom stereocenters. The number of amides is 1. The van der Waals surface area contributed by atoms with E-state index in [9.17, 15) is 14.7 Å². The molecule has 6 nitrogen and oxygen atoms in total. The lowest BCUT2D eigenvalue weighted by Crippen LogP contribution is -2.41. The number of carboxylic acid groups (broad SMARTS) is 1. The zero-order chi connectivity index (χ0) is 19.6. The summed E-state index contributed by atoms with van der Waals surface area (Å²) in [6.07, 6.45) is 0.434. The molecule has 0 unspecified atom stereocenters. The molecule has 27 heavy (non-hydrogen) atoms. The first-order valence-corrected chi connectivity index (χ1v) is 8.85. The topological polar surface area (TPSA) is 70.1 Å². The Morgan fingerprint density at radius 2 is 1.78 bits per heavy atom. The molecule has 1 N–H and O–H groups in total. The Balaban J connectivity index is 1.89. The molecule has 3 rings (SSSR count). The van der Waals surface area contributed by atoms with Crippen molar-refractivity contribution in [1.82, 2.24) is 9.80 Å². The lowest BCUT2D eigenvalue weighted by molar-refractivity contribution is -0.141. The Hall–Kier alpha value is -2.86. The SMILES string of the molecule is COc1cccc(-c2cccc(C(=O)N3C[C@H](N(C)C)C[C@H]3C(=O)O)c2)c1. The van der Waals surface area contributed by atoms with E-state index in [0.717, 1.165) is 16.9 Å². The van der Waals surface area contributed by atoms with E-state index in [1.54, 1.807) is 19.2 Å². The molecule has 0 radical (unpaired) electrons. The highest BCUT2D eigenvalue weighted by molar-refractivity contribution is 5.98. The molecular formula is C21H24N2O4. The van der Waals surface area contributed by atoms with Crippen LogP contribution in [-0.4, -0.2) is 66.6 Å². The highest BCUT2D eigenvalue weighted by atomic mass is 16.5. The summed E-state index contributed by atoms with van der Waals surface area (Å²) in [6, 6.07) is 14.1. The van der Waals surface area contributed by atoms with E-state index in [-0.39, 0.29) is 11.9 Å². The molecule has 142 valence electrons. The van der Waals surface area contributed by atoms with E-state index < -0.39 is 12.0 Å². The lowest BCUT2D eigenvalue weighted by Gasteiger charge is -2.22. The van der Waals surface area contributed by atoms with Gasteiger partial charge in [0.2, 0.25) is 0 Å². The normalized spacial score (nSPS) is 19.3. The molecule has 0 aromatic heterocycles. The van der Waals surface area contributed by atoms with Crippen molar-refractivity contribution in [2.24, 2.45) is 0 Å². The fourth-order valence-corrected chi connectivity index (χ4v) is 3.45. The van der Waals surface area contributed by atoms with Crippen LogP contribution in [-0.2, 0) is 4.79 Å². The summed E-state index contributed by atoms with van der Waals surface area (Å²) in [5.41, 5.74) is 2.31. The fourth-order valence-electron chi connectivity index (χ4n) is 3.45. The molecule has 0 bridgehead atoms. The number of carbonyl (C=O) groups excluding carboxylic acids is 1. The molecule has 0 saturated carbocycles. The van der Waals surface area contributed by atoms with Crippen LogP contribution in [0, 0.1) is 0 Å². The second-order valence-corrected chi connectivity index (χ2v) is 6.98. The number of likely N-dealkylation sites (N-methyl/N-ethyl adjacent to an activating group) is 1. The fraction of sp³-hybridized carbons (Fsp3) is 0.333. The molecule has 1 amide bonds. The molecule has 1 saturated heterocycles. The van der Waals surface area contributed by atoms with Gasteiger partial charge in [-0.1, -0.05) is 24.3 Å². The van der Waals surface area contributed by atoms with Crippen molar-refractivity contribution in [3.8, 4) is 16.9 Å². The number of carboxylic acids is 1. The Kier molecular flexibility index (Phi) is 5.46. The van der Waals surface area contributed by atoms with Gasteiger partial charge in [-0.05, 0) is 55.9 Å². The molecule has 6 heteroatoms. The van der Waals surface area contributed by atoms with Crippen molar-refractivity contribution < 1.29 is 19.4 Å². The third kappa shape index (κ3) is 3.95. The first kappa shape index (κ1) is 18.9. The van der Waals surface area contributed by atoms with Gasteiger partial charge in [-0.15, -0.1) is 0 Å². The minimum absolute atomic E-state index is 0.0385. The number of nitrogens with zero attached hydrogens (tertiary/aromatic N) is 2. The molecule has 1 fully saturated rings. The van der Waals surface area contributed by atoms with Crippen LogP contribution in [0.3, 0.4) is 0 Å². The number of ether oxygens (including phenoxy) is 1. The smallest absolute Gasteiger partial charge is 0.326 e. The van der Waals surface area contributed by atoms with Crippen molar-refractivity contribution in [2.45, 2.75) is 18.5 Å². The van der Waals surface area contributed by atoms with E-state index in [2.05, 4.69) is 0 Å². The number of hydrogen-bond acceptors (Lipinski definition) is 4. The van der Waals surface area contributed by atoms with Gasteiger partial charge >= 0.3 is 5.97 Å². The third-order valence-corrected chi connectivity index (χ3v) is 5.07. The number of rotatable bonds is 5. The Morgan fingerprint density at radius 3 is 2.41 bits per heavy atom. The van der Waals surface area contributed by atoms with Crippen LogP contribution in [0.2, 0.25) is 0 Å². The Labute approximate surface area is 159 Å². The molecule has 2 aromatic rings. The van der Waals surface area contributed by atoms with Crippen molar-refractivity contribution in [3.63, 3.8) is 0 Å². The number of hydrogen-bond donors (Lipinski definition) is 1. The summed E-state index contributed by atoms with van der Waals surface area (Å²) in [5.74, 6) is -0.475. The van der Waals surface area contributed by atoms with Crippen molar-refractivity contribution >= 4 is 11.9 Å². The first-order chi connectivity index (χ1) is 12.9. The maximum absolute atomic E-state index is 13.1. The zero-order valence-corrected chi connectivity index (χ0v) is 15.8. The van der Waals surface area contributed by atoms with Crippen LogP contribution in [0.25, 0.3) is 11.1 Å². The van der Waals surface area contributed by atoms with Crippen LogP contribution >= 0.6 is 0 Å². The molecule has 0 aliphatic carbocycles. The second kappa shape index (κ2) is 7.80. The van der Waals surface area contributed by atoms with E-state index >= 15 is 0 Å². The molecule has 2 aromatic carbocycles. The third-order valence-electron chi connectivity index (χ3n) is 5.07. The van der Waals surface area contributed by atoms with Gasteiger partial charge in [-0.2, -0.15) is 0 Å². The van der Waals surface area contributed by atoms with Gasteiger partial charge in [0.1, 0.15) is 11.8 Å². The number of benzene rings is 2. The number of aliphatic carboxylic acids is 1. The largest absolute Gasteiger partial charge is 0.497 e. The van der Waals surface area contributed by atoms with Gasteiger partial charge in [0.05, 0.1) is 7.11 Å². The first-order valence-electron chi connectivity index (χ1n) is 8.85. The number of likely N-dealkylation sites (tertiary alicyclic amines) is 1. The highest BCUT2D eigenvalue weighted by Crippen LogP contribution is 2.27. The molecule has 1 aliphatic rings. The van der Waals surface area contributed by atoms with Gasteiger partial charge in [0.25, 0.3) is 5.91 Å². The van der Waals surface area contributed by atoms with E-state index in [4.69, 9.17) is 4.74 Å². The average Bonchev–Trinajstić information content (AvgIpc) is 3.13. The minimum Gasteiger partial charge on any atom is -0.497 e. The number of methoxy groups -OCH3 is 1. The second-order valence-electron chi connectivity index (χ2n) is 6.98. The van der Waals surface area contributed by atoms with Crippen LogP contribution < -0.4 is 4.74 Å².